The van der Waals surface area contributed by atoms with Crippen molar-refractivity contribution in [2.45, 2.75) is 37.9 Å². The molecule has 2 aliphatic rings. The number of carbonyl (C=O) groups is 1. The van der Waals surface area contributed by atoms with E-state index in [-0.39, 0.29) is 5.91 Å². The van der Waals surface area contributed by atoms with Crippen LogP contribution in [-0.2, 0) is 13.2 Å². The van der Waals surface area contributed by atoms with E-state index in [0.29, 0.717) is 47.5 Å². The number of alkyl halides is 3. The zero-order valence-corrected chi connectivity index (χ0v) is 19.5. The summed E-state index contributed by atoms with van der Waals surface area (Å²) in [5, 5.41) is 0. The van der Waals surface area contributed by atoms with Crippen LogP contribution >= 0.6 is 0 Å². The molecule has 2 fully saturated rings. The lowest BCUT2D eigenvalue weighted by molar-refractivity contribution is -0.141. The summed E-state index contributed by atoms with van der Waals surface area (Å²) in [4.78, 5) is 30.5. The Morgan fingerprint density at radius 3 is 2.34 bits per heavy atom. The summed E-state index contributed by atoms with van der Waals surface area (Å²) < 4.78 is 40.6. The largest absolute Gasteiger partial charge is 0.433 e. The van der Waals surface area contributed by atoms with Gasteiger partial charge in [0.25, 0.3) is 5.91 Å². The summed E-state index contributed by atoms with van der Waals surface area (Å²) in [6.45, 7) is 3.59. The normalized spacial score (nSPS) is 17.8. The molecular weight excluding hydrogens is 457 g/mol. The Hall–Kier alpha value is -3.27. The molecule has 5 heterocycles. The Bertz CT molecular complexity index is 1180. The van der Waals surface area contributed by atoms with Crippen LogP contribution in [0.15, 0.2) is 42.9 Å². The smallest absolute Gasteiger partial charge is 0.337 e. The highest BCUT2D eigenvalue weighted by Gasteiger charge is 2.34. The fourth-order valence-corrected chi connectivity index (χ4v) is 5.09. The van der Waals surface area contributed by atoms with Gasteiger partial charge in [0.2, 0.25) is 0 Å². The zero-order chi connectivity index (χ0) is 24.6. The van der Waals surface area contributed by atoms with Crippen molar-refractivity contribution >= 4 is 5.91 Å². The molecule has 0 spiro atoms. The van der Waals surface area contributed by atoms with Gasteiger partial charge in [0, 0.05) is 55.9 Å². The Kier molecular flexibility index (Phi) is 6.31. The van der Waals surface area contributed by atoms with Crippen LogP contribution < -0.4 is 0 Å². The van der Waals surface area contributed by atoms with E-state index < -0.39 is 11.9 Å². The van der Waals surface area contributed by atoms with Crippen LogP contribution in [0.4, 0.5) is 13.2 Å². The third-order valence-corrected chi connectivity index (χ3v) is 6.95. The van der Waals surface area contributed by atoms with Gasteiger partial charge in [0.05, 0.1) is 0 Å². The Balaban J connectivity index is 1.46. The van der Waals surface area contributed by atoms with Crippen molar-refractivity contribution in [3.8, 4) is 22.6 Å². The first kappa shape index (κ1) is 23.5. The van der Waals surface area contributed by atoms with Gasteiger partial charge in [0.15, 0.2) is 0 Å². The molecule has 184 valence electrons. The predicted octanol–water partition coefficient (Wildman–Crippen LogP) is 4.26. The van der Waals surface area contributed by atoms with Crippen molar-refractivity contribution in [2.75, 3.05) is 26.2 Å². The van der Waals surface area contributed by atoms with Gasteiger partial charge in [-0.05, 0) is 63.0 Å². The van der Waals surface area contributed by atoms with Crippen molar-refractivity contribution in [3.63, 3.8) is 0 Å². The molecule has 0 N–H and O–H groups in total. The molecule has 0 unspecified atom stereocenters. The molecule has 10 heteroatoms. The van der Waals surface area contributed by atoms with Crippen LogP contribution in [0.1, 0.15) is 41.9 Å². The second kappa shape index (κ2) is 9.41. The lowest BCUT2D eigenvalue weighted by Gasteiger charge is -2.36. The lowest BCUT2D eigenvalue weighted by atomic mass is 10.0. The van der Waals surface area contributed by atoms with E-state index in [9.17, 15) is 18.0 Å². The number of likely N-dealkylation sites (tertiary alicyclic amines) is 2. The molecule has 5 rings (SSSR count). The number of rotatable bonds is 4. The van der Waals surface area contributed by atoms with Crippen LogP contribution in [-0.4, -0.2) is 67.4 Å². The van der Waals surface area contributed by atoms with E-state index in [1.165, 1.54) is 18.9 Å². The minimum atomic E-state index is -4.52. The monoisotopic (exact) mass is 484 g/mol. The molecule has 3 aromatic heterocycles. The standard InChI is InChI=1S/C25H27F3N6O/c1-32-22(24(35)34-13-8-19(9-14-34)33-11-2-3-12-33)21(17-5-4-10-29-15-17)31-23(32)18-6-7-20(30-16-18)25(26,27)28/h4-7,10,15-16,19H,2-3,8-9,11-14H2,1H3. The molecule has 0 aliphatic carbocycles. The number of aromatic nitrogens is 4. The van der Waals surface area contributed by atoms with E-state index in [1.54, 1.807) is 30.1 Å². The first-order valence-corrected chi connectivity index (χ1v) is 11.9. The van der Waals surface area contributed by atoms with Crippen molar-refractivity contribution in [1.29, 1.82) is 0 Å². The van der Waals surface area contributed by atoms with Crippen molar-refractivity contribution in [3.05, 3.63) is 54.2 Å². The molecule has 0 bridgehead atoms. The molecule has 2 aliphatic heterocycles. The average molecular weight is 485 g/mol. The number of carbonyl (C=O) groups excluding carboxylic acids is 1. The first-order valence-electron chi connectivity index (χ1n) is 11.9. The van der Waals surface area contributed by atoms with Crippen LogP contribution in [0.5, 0.6) is 0 Å². The molecule has 2 saturated heterocycles. The highest BCUT2D eigenvalue weighted by atomic mass is 19.4. The minimum absolute atomic E-state index is 0.134. The number of piperidine rings is 1. The van der Waals surface area contributed by atoms with Crippen molar-refractivity contribution in [2.24, 2.45) is 7.05 Å². The summed E-state index contributed by atoms with van der Waals surface area (Å²) >= 11 is 0. The summed E-state index contributed by atoms with van der Waals surface area (Å²) in [7, 11) is 1.71. The Morgan fingerprint density at radius 2 is 1.74 bits per heavy atom. The lowest BCUT2D eigenvalue weighted by Crippen LogP contribution is -2.46. The second-order valence-electron chi connectivity index (χ2n) is 9.13. The molecule has 3 aromatic rings. The van der Waals surface area contributed by atoms with Gasteiger partial charge in [-0.15, -0.1) is 0 Å². The van der Waals surface area contributed by atoms with E-state index in [0.717, 1.165) is 38.2 Å². The average Bonchev–Trinajstić information content (AvgIpc) is 3.52. The molecule has 0 radical (unpaired) electrons. The van der Waals surface area contributed by atoms with Gasteiger partial charge in [-0.25, -0.2) is 4.98 Å². The summed E-state index contributed by atoms with van der Waals surface area (Å²) in [5.74, 6) is 0.241. The zero-order valence-electron chi connectivity index (χ0n) is 19.5. The van der Waals surface area contributed by atoms with Crippen LogP contribution in [0.2, 0.25) is 0 Å². The molecule has 0 aromatic carbocycles. The number of pyridine rings is 2. The highest BCUT2D eigenvalue weighted by Crippen LogP contribution is 2.32. The third kappa shape index (κ3) is 4.67. The quantitative estimate of drug-likeness (QED) is 0.554. The van der Waals surface area contributed by atoms with Gasteiger partial charge < -0.3 is 14.4 Å². The minimum Gasteiger partial charge on any atom is -0.337 e. The molecule has 7 nitrogen and oxygen atoms in total. The topological polar surface area (TPSA) is 67.2 Å². The van der Waals surface area contributed by atoms with Crippen LogP contribution in [0.3, 0.4) is 0 Å². The Morgan fingerprint density at radius 1 is 1.00 bits per heavy atom. The maximum absolute atomic E-state index is 13.7. The van der Waals surface area contributed by atoms with Gasteiger partial charge in [-0.2, -0.15) is 13.2 Å². The summed E-state index contributed by atoms with van der Waals surface area (Å²) in [5.41, 5.74) is 0.955. The summed E-state index contributed by atoms with van der Waals surface area (Å²) in [6.07, 6.45) is 4.24. The van der Waals surface area contributed by atoms with E-state index in [4.69, 9.17) is 0 Å². The van der Waals surface area contributed by atoms with Gasteiger partial charge in [-0.1, -0.05) is 0 Å². The van der Waals surface area contributed by atoms with Crippen molar-refractivity contribution < 1.29 is 18.0 Å². The number of hydrogen-bond donors (Lipinski definition) is 0. The first-order chi connectivity index (χ1) is 16.8. The number of hydrogen-bond acceptors (Lipinski definition) is 5. The van der Waals surface area contributed by atoms with E-state index >= 15 is 0 Å². The Labute approximate surface area is 201 Å². The molecule has 0 atom stereocenters. The van der Waals surface area contributed by atoms with Crippen molar-refractivity contribution in [1.82, 2.24) is 29.3 Å². The predicted molar refractivity (Wildman–Crippen MR) is 124 cm³/mol. The maximum atomic E-state index is 13.7. The van der Waals surface area contributed by atoms with Gasteiger partial charge in [-0.3, -0.25) is 14.8 Å². The SMILES string of the molecule is Cn1c(-c2ccc(C(F)(F)F)nc2)nc(-c2cccnc2)c1C(=O)N1CCC(N2CCCC2)CC1. The molecular formula is C25H27F3N6O. The van der Waals surface area contributed by atoms with Crippen LogP contribution in [0, 0.1) is 0 Å². The second-order valence-corrected chi connectivity index (χ2v) is 9.13. The number of amides is 1. The fraction of sp³-hybridized carbons (Fsp3) is 0.440. The van der Waals surface area contributed by atoms with Gasteiger partial charge in [0.1, 0.15) is 22.9 Å². The fourth-order valence-electron chi connectivity index (χ4n) is 5.09. The number of halogens is 3. The van der Waals surface area contributed by atoms with Gasteiger partial charge >= 0.3 is 6.18 Å². The maximum Gasteiger partial charge on any atom is 0.433 e. The summed E-state index contributed by atoms with van der Waals surface area (Å²) in [6, 6.07) is 6.36. The van der Waals surface area contributed by atoms with E-state index in [2.05, 4.69) is 19.9 Å². The molecule has 0 saturated carbocycles. The molecule has 1 amide bonds. The third-order valence-electron chi connectivity index (χ3n) is 6.95. The molecule has 35 heavy (non-hydrogen) atoms. The van der Waals surface area contributed by atoms with E-state index in [1.807, 2.05) is 11.0 Å². The number of imidazole rings is 1. The number of nitrogens with zero attached hydrogens (tertiary/aromatic N) is 6. The highest BCUT2D eigenvalue weighted by molar-refractivity contribution is 5.99. The van der Waals surface area contributed by atoms with Crippen LogP contribution in [0.25, 0.3) is 22.6 Å².